The fourth-order valence-corrected chi connectivity index (χ4v) is 3.38. The van der Waals surface area contributed by atoms with Crippen LogP contribution in [0.1, 0.15) is 51.4 Å². The lowest BCUT2D eigenvalue weighted by molar-refractivity contribution is -0.141. The number of nitrogens with two attached hydrogens (primary N) is 1. The Balaban J connectivity index is 2.19. The summed E-state index contributed by atoms with van der Waals surface area (Å²) in [6.07, 6.45) is 6.25. The molecule has 114 valence electrons. The number of amidine groups is 1. The minimum Gasteiger partial charge on any atom is -0.409 e. The highest BCUT2D eigenvalue weighted by molar-refractivity contribution is 6.06. The van der Waals surface area contributed by atoms with Crippen LogP contribution in [0.5, 0.6) is 0 Å². The van der Waals surface area contributed by atoms with Crippen molar-refractivity contribution in [3.8, 4) is 0 Å². The Morgan fingerprint density at radius 1 is 1.15 bits per heavy atom. The van der Waals surface area contributed by atoms with Crippen molar-refractivity contribution >= 4 is 11.7 Å². The Labute approximate surface area is 119 Å². The molecule has 1 aliphatic heterocycles. The number of piperidine rings is 1. The highest BCUT2D eigenvalue weighted by Gasteiger charge is 2.45. The van der Waals surface area contributed by atoms with Gasteiger partial charge in [-0.25, -0.2) is 0 Å². The Kier molecular flexibility index (Phi) is 4.86. The quantitative estimate of drug-likeness (QED) is 0.232. The largest absolute Gasteiger partial charge is 0.409 e. The molecule has 0 aromatic carbocycles. The maximum Gasteiger partial charge on any atom is 0.236 e. The smallest absolute Gasteiger partial charge is 0.236 e. The molecule has 4 N–H and O–H groups in total. The van der Waals surface area contributed by atoms with E-state index in [4.69, 9.17) is 10.9 Å². The fourth-order valence-electron chi connectivity index (χ4n) is 3.38. The van der Waals surface area contributed by atoms with Crippen molar-refractivity contribution in [1.29, 1.82) is 0 Å². The molecule has 0 bridgehead atoms. The highest BCUT2D eigenvalue weighted by atomic mass is 16.4. The number of nitrogens with zero attached hydrogens (tertiary/aromatic N) is 2. The average molecular weight is 283 g/mol. The van der Waals surface area contributed by atoms with E-state index in [-0.39, 0.29) is 17.8 Å². The second-order valence-corrected chi connectivity index (χ2v) is 6.00. The number of hydrogen-bond acceptors (Lipinski definition) is 4. The monoisotopic (exact) mass is 283 g/mol. The average Bonchev–Trinajstić information content (AvgIpc) is 2.73. The summed E-state index contributed by atoms with van der Waals surface area (Å²) >= 11 is 0. The van der Waals surface area contributed by atoms with E-state index in [1.807, 2.05) is 0 Å². The molecule has 0 aromatic rings. The standard InChI is InChI=1S/C14H25N3O3/c15-12(16-20)14(7-3-1-2-4-8-14)13(19)17-9-5-11(18)6-10-17/h11,18,20H,1-10H2,(H2,15,16). The molecule has 1 saturated carbocycles. The van der Waals surface area contributed by atoms with Crippen LogP contribution >= 0.6 is 0 Å². The van der Waals surface area contributed by atoms with Crippen molar-refractivity contribution in [2.45, 2.75) is 57.5 Å². The number of hydrogen-bond donors (Lipinski definition) is 3. The summed E-state index contributed by atoms with van der Waals surface area (Å²) in [5.41, 5.74) is 5.05. The number of carbonyl (C=O) groups is 1. The van der Waals surface area contributed by atoms with E-state index in [0.29, 0.717) is 38.8 Å². The van der Waals surface area contributed by atoms with Gasteiger partial charge >= 0.3 is 0 Å². The summed E-state index contributed by atoms with van der Waals surface area (Å²) in [7, 11) is 0. The normalized spacial score (nSPS) is 25.2. The topological polar surface area (TPSA) is 99.2 Å². The van der Waals surface area contributed by atoms with E-state index >= 15 is 0 Å². The van der Waals surface area contributed by atoms with Gasteiger partial charge < -0.3 is 20.9 Å². The predicted octanol–water partition coefficient (Wildman–Crippen LogP) is 1.06. The minimum atomic E-state index is -0.840. The Hall–Kier alpha value is -1.30. The molecule has 6 nitrogen and oxygen atoms in total. The first-order valence-electron chi connectivity index (χ1n) is 7.55. The van der Waals surface area contributed by atoms with Crippen LogP contribution < -0.4 is 5.73 Å². The number of rotatable bonds is 2. The number of oxime groups is 1. The van der Waals surface area contributed by atoms with Gasteiger partial charge in [-0.2, -0.15) is 0 Å². The molecule has 2 fully saturated rings. The molecule has 0 unspecified atom stereocenters. The van der Waals surface area contributed by atoms with Crippen LogP contribution in [0.3, 0.4) is 0 Å². The lowest BCUT2D eigenvalue weighted by Gasteiger charge is -2.38. The summed E-state index contributed by atoms with van der Waals surface area (Å²) in [5, 5.41) is 21.8. The number of aliphatic hydroxyl groups is 1. The van der Waals surface area contributed by atoms with E-state index in [9.17, 15) is 9.90 Å². The van der Waals surface area contributed by atoms with Gasteiger partial charge in [0.15, 0.2) is 5.84 Å². The number of likely N-dealkylation sites (tertiary alicyclic amines) is 1. The van der Waals surface area contributed by atoms with E-state index in [2.05, 4.69) is 5.16 Å². The number of carbonyl (C=O) groups excluding carboxylic acids is 1. The van der Waals surface area contributed by atoms with Crippen molar-refractivity contribution in [1.82, 2.24) is 4.90 Å². The highest BCUT2D eigenvalue weighted by Crippen LogP contribution is 2.37. The van der Waals surface area contributed by atoms with Gasteiger partial charge in [-0.15, -0.1) is 0 Å². The minimum absolute atomic E-state index is 0.0263. The van der Waals surface area contributed by atoms with E-state index in [1.54, 1.807) is 4.90 Å². The number of amides is 1. The zero-order valence-corrected chi connectivity index (χ0v) is 11.9. The van der Waals surface area contributed by atoms with Gasteiger partial charge in [-0.1, -0.05) is 30.8 Å². The van der Waals surface area contributed by atoms with Gasteiger partial charge in [0.1, 0.15) is 5.41 Å². The predicted molar refractivity (Wildman–Crippen MR) is 75.4 cm³/mol. The SMILES string of the molecule is NC(=NO)C1(C(=O)N2CCC(O)CC2)CCCCCC1. The second kappa shape index (κ2) is 6.43. The lowest BCUT2D eigenvalue weighted by atomic mass is 9.77. The van der Waals surface area contributed by atoms with Gasteiger partial charge in [-0.3, -0.25) is 4.79 Å². The van der Waals surface area contributed by atoms with Crippen molar-refractivity contribution in [2.75, 3.05) is 13.1 Å². The summed E-state index contributed by atoms with van der Waals surface area (Å²) in [6.45, 7) is 1.11. The van der Waals surface area contributed by atoms with Crippen molar-refractivity contribution < 1.29 is 15.1 Å². The molecule has 1 heterocycles. The molecule has 1 saturated heterocycles. The molecule has 2 rings (SSSR count). The fraction of sp³-hybridized carbons (Fsp3) is 0.857. The van der Waals surface area contributed by atoms with Gasteiger partial charge in [-0.05, 0) is 25.7 Å². The molecule has 0 spiro atoms. The molecular formula is C14H25N3O3. The zero-order valence-electron chi connectivity index (χ0n) is 11.9. The summed E-state index contributed by atoms with van der Waals surface area (Å²) in [5.74, 6) is 0.0251. The van der Waals surface area contributed by atoms with Crippen LogP contribution in [0, 0.1) is 5.41 Å². The molecule has 0 radical (unpaired) electrons. The van der Waals surface area contributed by atoms with Crippen molar-refractivity contribution in [3.05, 3.63) is 0 Å². The molecule has 1 amide bonds. The van der Waals surface area contributed by atoms with Gasteiger partial charge in [0.2, 0.25) is 5.91 Å². The van der Waals surface area contributed by atoms with Crippen molar-refractivity contribution in [2.24, 2.45) is 16.3 Å². The Morgan fingerprint density at radius 3 is 2.20 bits per heavy atom. The maximum absolute atomic E-state index is 12.9. The van der Waals surface area contributed by atoms with Crippen LogP contribution in [0.2, 0.25) is 0 Å². The molecule has 6 heteroatoms. The molecule has 0 aromatic heterocycles. The van der Waals surface area contributed by atoms with Gasteiger partial charge in [0, 0.05) is 13.1 Å². The Morgan fingerprint density at radius 2 is 1.70 bits per heavy atom. The third-order valence-corrected chi connectivity index (χ3v) is 4.72. The first-order chi connectivity index (χ1) is 9.60. The summed E-state index contributed by atoms with van der Waals surface area (Å²) in [4.78, 5) is 14.7. The van der Waals surface area contributed by atoms with Crippen LogP contribution in [0.25, 0.3) is 0 Å². The molecule has 1 aliphatic carbocycles. The summed E-state index contributed by atoms with van der Waals surface area (Å²) < 4.78 is 0. The third kappa shape index (κ3) is 2.90. The van der Waals surface area contributed by atoms with Gasteiger partial charge in [0.25, 0.3) is 0 Å². The van der Waals surface area contributed by atoms with Crippen LogP contribution in [0.4, 0.5) is 0 Å². The van der Waals surface area contributed by atoms with Crippen molar-refractivity contribution in [3.63, 3.8) is 0 Å². The molecule has 0 atom stereocenters. The Bertz CT molecular complexity index is 368. The number of aliphatic hydroxyl groups excluding tert-OH is 1. The van der Waals surface area contributed by atoms with Gasteiger partial charge in [0.05, 0.1) is 6.10 Å². The first kappa shape index (κ1) is 15.1. The molecule has 20 heavy (non-hydrogen) atoms. The van der Waals surface area contributed by atoms with Crippen LogP contribution in [-0.4, -0.2) is 46.1 Å². The first-order valence-corrected chi connectivity index (χ1v) is 7.55. The molecular weight excluding hydrogens is 258 g/mol. The van der Waals surface area contributed by atoms with E-state index in [0.717, 1.165) is 25.7 Å². The van der Waals surface area contributed by atoms with Crippen LogP contribution in [-0.2, 0) is 4.79 Å². The second-order valence-electron chi connectivity index (χ2n) is 6.00. The summed E-state index contributed by atoms with van der Waals surface area (Å²) in [6, 6.07) is 0. The lowest BCUT2D eigenvalue weighted by Crippen LogP contribution is -2.53. The maximum atomic E-state index is 12.9. The van der Waals surface area contributed by atoms with Crippen LogP contribution in [0.15, 0.2) is 5.16 Å². The van der Waals surface area contributed by atoms with E-state index < -0.39 is 5.41 Å². The third-order valence-electron chi connectivity index (χ3n) is 4.72. The van der Waals surface area contributed by atoms with E-state index in [1.165, 1.54) is 0 Å². The molecule has 2 aliphatic rings. The zero-order chi connectivity index (χ0) is 14.6.